The highest BCUT2D eigenvalue weighted by Gasteiger charge is 2.24. The summed E-state index contributed by atoms with van der Waals surface area (Å²) in [6, 6.07) is 0.602. The Balaban J connectivity index is 2.07. The fourth-order valence-electron chi connectivity index (χ4n) is 1.70. The van der Waals surface area contributed by atoms with Crippen LogP contribution in [-0.2, 0) is 4.79 Å². The molecule has 1 rings (SSSR count). The van der Waals surface area contributed by atoms with Gasteiger partial charge in [-0.2, -0.15) is 0 Å². The second-order valence-corrected chi connectivity index (χ2v) is 4.66. The maximum atomic E-state index is 11.5. The van der Waals surface area contributed by atoms with Crippen molar-refractivity contribution in [3.05, 3.63) is 0 Å². The lowest BCUT2D eigenvalue weighted by molar-refractivity contribution is -0.127. The quantitative estimate of drug-likeness (QED) is 0.726. The molecule has 1 aliphatic carbocycles. The highest BCUT2D eigenvalue weighted by atomic mass is 16.1. The zero-order valence-corrected chi connectivity index (χ0v) is 10.3. The van der Waals surface area contributed by atoms with Gasteiger partial charge in [-0.05, 0) is 33.2 Å². The Hall–Kier alpha value is -0.570. The van der Waals surface area contributed by atoms with E-state index in [1.54, 1.807) is 0 Å². The van der Waals surface area contributed by atoms with Crippen LogP contribution >= 0.6 is 0 Å². The molecule has 1 saturated carbocycles. The first-order chi connectivity index (χ1) is 7.15. The molecule has 0 unspecified atom stereocenters. The Morgan fingerprint density at radius 2 is 2.20 bits per heavy atom. The van der Waals surface area contributed by atoms with E-state index in [0.717, 1.165) is 32.4 Å². The van der Waals surface area contributed by atoms with E-state index >= 15 is 0 Å². The number of carbonyl (C=O) groups excluding carboxylic acids is 1. The second kappa shape index (κ2) is 6.11. The molecule has 0 saturated heterocycles. The first-order valence-corrected chi connectivity index (χ1v) is 6.13. The van der Waals surface area contributed by atoms with Crippen LogP contribution < -0.4 is 5.32 Å². The predicted octanol–water partition coefficient (Wildman–Crippen LogP) is 1.63. The van der Waals surface area contributed by atoms with Crippen LogP contribution in [0.2, 0.25) is 0 Å². The summed E-state index contributed by atoms with van der Waals surface area (Å²) in [6.07, 6.45) is 4.57. The number of nitrogens with one attached hydrogen (secondary N) is 1. The zero-order chi connectivity index (χ0) is 11.3. The molecule has 1 fully saturated rings. The van der Waals surface area contributed by atoms with Gasteiger partial charge in [-0.25, -0.2) is 0 Å². The van der Waals surface area contributed by atoms with Crippen molar-refractivity contribution in [1.29, 1.82) is 0 Å². The predicted molar refractivity (Wildman–Crippen MR) is 62.7 cm³/mol. The van der Waals surface area contributed by atoms with Crippen LogP contribution in [0.25, 0.3) is 0 Å². The van der Waals surface area contributed by atoms with E-state index in [-0.39, 0.29) is 5.91 Å². The van der Waals surface area contributed by atoms with Crippen LogP contribution in [0.4, 0.5) is 0 Å². The van der Waals surface area contributed by atoms with Crippen molar-refractivity contribution >= 4 is 5.91 Å². The topological polar surface area (TPSA) is 32.3 Å². The van der Waals surface area contributed by atoms with Crippen molar-refractivity contribution in [3.8, 4) is 0 Å². The average molecular weight is 212 g/mol. The largest absolute Gasteiger partial charge is 0.355 e. The van der Waals surface area contributed by atoms with E-state index in [9.17, 15) is 4.79 Å². The Labute approximate surface area is 93.2 Å². The summed E-state index contributed by atoms with van der Waals surface area (Å²) in [7, 11) is 2.11. The molecule has 88 valence electrons. The van der Waals surface area contributed by atoms with Gasteiger partial charge < -0.3 is 10.2 Å². The van der Waals surface area contributed by atoms with E-state index < -0.39 is 0 Å². The third-order valence-corrected chi connectivity index (χ3v) is 3.58. The standard InChI is InChI=1S/C12H24N2O/c1-4-10(2)14(3)9-8-13-12(15)11-6-5-7-11/h10-11H,4-9H2,1-3H3,(H,13,15)/t10-/m0/s1. The van der Waals surface area contributed by atoms with Crippen LogP contribution in [0, 0.1) is 5.92 Å². The van der Waals surface area contributed by atoms with Gasteiger partial charge in [-0.1, -0.05) is 13.3 Å². The highest BCUT2D eigenvalue weighted by molar-refractivity contribution is 5.79. The smallest absolute Gasteiger partial charge is 0.223 e. The van der Waals surface area contributed by atoms with E-state index in [2.05, 4.69) is 31.1 Å². The van der Waals surface area contributed by atoms with Crippen molar-refractivity contribution in [1.82, 2.24) is 10.2 Å². The van der Waals surface area contributed by atoms with Crippen LogP contribution in [0.1, 0.15) is 39.5 Å². The molecule has 0 aromatic rings. The number of rotatable bonds is 6. The molecular weight excluding hydrogens is 188 g/mol. The van der Waals surface area contributed by atoms with Crippen molar-refractivity contribution in [2.24, 2.45) is 5.92 Å². The van der Waals surface area contributed by atoms with Crippen molar-refractivity contribution < 1.29 is 4.79 Å². The number of nitrogens with zero attached hydrogens (tertiary/aromatic N) is 1. The summed E-state index contributed by atoms with van der Waals surface area (Å²) < 4.78 is 0. The van der Waals surface area contributed by atoms with Crippen molar-refractivity contribution in [2.75, 3.05) is 20.1 Å². The Morgan fingerprint density at radius 3 is 2.67 bits per heavy atom. The van der Waals surface area contributed by atoms with Gasteiger partial charge >= 0.3 is 0 Å². The van der Waals surface area contributed by atoms with Crippen LogP contribution in [-0.4, -0.2) is 37.0 Å². The minimum atomic E-state index is 0.263. The van der Waals surface area contributed by atoms with Gasteiger partial charge in [0.2, 0.25) is 5.91 Å². The molecule has 1 atom stereocenters. The van der Waals surface area contributed by atoms with E-state index in [1.807, 2.05) is 0 Å². The second-order valence-electron chi connectivity index (χ2n) is 4.66. The van der Waals surface area contributed by atoms with Crippen LogP contribution in [0.3, 0.4) is 0 Å². The number of hydrogen-bond donors (Lipinski definition) is 1. The minimum absolute atomic E-state index is 0.263. The first kappa shape index (κ1) is 12.5. The number of hydrogen-bond acceptors (Lipinski definition) is 2. The molecule has 3 nitrogen and oxygen atoms in total. The normalized spacial score (nSPS) is 18.7. The van der Waals surface area contributed by atoms with Gasteiger partial charge in [-0.15, -0.1) is 0 Å². The summed E-state index contributed by atoms with van der Waals surface area (Å²) >= 11 is 0. The third kappa shape index (κ3) is 3.82. The van der Waals surface area contributed by atoms with E-state index in [0.29, 0.717) is 12.0 Å². The van der Waals surface area contributed by atoms with Gasteiger partial charge in [-0.3, -0.25) is 4.79 Å². The Morgan fingerprint density at radius 1 is 1.53 bits per heavy atom. The Bertz CT molecular complexity index is 202. The minimum Gasteiger partial charge on any atom is -0.355 e. The number of carbonyl (C=O) groups is 1. The molecule has 1 N–H and O–H groups in total. The molecule has 0 aromatic heterocycles. The molecule has 0 heterocycles. The summed E-state index contributed by atoms with van der Waals surface area (Å²) in [5.74, 6) is 0.581. The van der Waals surface area contributed by atoms with E-state index in [1.165, 1.54) is 6.42 Å². The Kier molecular flexibility index (Phi) is 5.09. The summed E-state index contributed by atoms with van der Waals surface area (Å²) in [5.41, 5.74) is 0. The lowest BCUT2D eigenvalue weighted by Crippen LogP contribution is -2.40. The van der Waals surface area contributed by atoms with Crippen LogP contribution in [0.5, 0.6) is 0 Å². The number of amides is 1. The fraction of sp³-hybridized carbons (Fsp3) is 0.917. The molecule has 0 bridgehead atoms. The molecule has 0 spiro atoms. The molecule has 1 aliphatic rings. The van der Waals surface area contributed by atoms with Gasteiger partial charge in [0, 0.05) is 25.0 Å². The lowest BCUT2D eigenvalue weighted by atomic mass is 9.85. The molecule has 15 heavy (non-hydrogen) atoms. The highest BCUT2D eigenvalue weighted by Crippen LogP contribution is 2.25. The van der Waals surface area contributed by atoms with Crippen molar-refractivity contribution in [3.63, 3.8) is 0 Å². The SMILES string of the molecule is CC[C@H](C)N(C)CCNC(=O)C1CCC1. The van der Waals surface area contributed by atoms with Gasteiger partial charge in [0.25, 0.3) is 0 Å². The van der Waals surface area contributed by atoms with Crippen molar-refractivity contribution in [2.45, 2.75) is 45.6 Å². The van der Waals surface area contributed by atoms with Gasteiger partial charge in [0.15, 0.2) is 0 Å². The van der Waals surface area contributed by atoms with Gasteiger partial charge in [0.1, 0.15) is 0 Å². The molecule has 1 amide bonds. The summed E-state index contributed by atoms with van der Waals surface area (Å²) in [6.45, 7) is 6.14. The molecule has 0 aliphatic heterocycles. The molecular formula is C12H24N2O. The number of likely N-dealkylation sites (N-methyl/N-ethyl adjacent to an activating group) is 1. The maximum Gasteiger partial charge on any atom is 0.223 e. The lowest BCUT2D eigenvalue weighted by Gasteiger charge is -2.26. The molecule has 0 radical (unpaired) electrons. The summed E-state index contributed by atoms with van der Waals surface area (Å²) in [5, 5.41) is 3.01. The van der Waals surface area contributed by atoms with Gasteiger partial charge in [0.05, 0.1) is 0 Å². The van der Waals surface area contributed by atoms with Crippen LogP contribution in [0.15, 0.2) is 0 Å². The molecule has 0 aromatic carbocycles. The first-order valence-electron chi connectivity index (χ1n) is 6.13. The average Bonchev–Trinajstić information content (AvgIpc) is 2.13. The summed E-state index contributed by atoms with van der Waals surface area (Å²) in [4.78, 5) is 13.8. The van der Waals surface area contributed by atoms with E-state index in [4.69, 9.17) is 0 Å². The molecule has 3 heteroatoms. The maximum absolute atomic E-state index is 11.5. The third-order valence-electron chi connectivity index (χ3n) is 3.58. The monoisotopic (exact) mass is 212 g/mol. The fourth-order valence-corrected chi connectivity index (χ4v) is 1.70. The zero-order valence-electron chi connectivity index (χ0n) is 10.3.